The highest BCUT2D eigenvalue weighted by atomic mass is 19.1. The minimum atomic E-state index is -0.741. The summed E-state index contributed by atoms with van der Waals surface area (Å²) in [6.07, 6.45) is 1.34. The first-order chi connectivity index (χ1) is 16.2. The van der Waals surface area contributed by atoms with E-state index in [9.17, 15) is 13.6 Å². The van der Waals surface area contributed by atoms with E-state index in [2.05, 4.69) is 42.7 Å². The van der Waals surface area contributed by atoms with Crippen LogP contribution in [0.15, 0.2) is 36.7 Å². The second-order valence-corrected chi connectivity index (χ2v) is 7.35. The summed E-state index contributed by atoms with van der Waals surface area (Å²) in [5, 5.41) is 16.6. The normalized spacial score (nSPS) is 11.2. The van der Waals surface area contributed by atoms with Gasteiger partial charge in [-0.2, -0.15) is 0 Å². The van der Waals surface area contributed by atoms with E-state index in [0.717, 1.165) is 18.2 Å². The number of carbonyl (C=O) groups excluding carboxylic acids is 1. The third-order valence-corrected chi connectivity index (χ3v) is 4.83. The van der Waals surface area contributed by atoms with Crippen molar-refractivity contribution in [3.05, 3.63) is 65.2 Å². The predicted molar refractivity (Wildman–Crippen MR) is 127 cm³/mol. The maximum absolute atomic E-state index is 13.5. The minimum absolute atomic E-state index is 0.138. The van der Waals surface area contributed by atoms with Crippen molar-refractivity contribution in [2.24, 2.45) is 0 Å². The molecule has 4 N–H and O–H groups in total. The fraction of sp³-hybridized carbons (Fsp3) is 0.208. The van der Waals surface area contributed by atoms with E-state index in [-0.39, 0.29) is 28.7 Å². The van der Waals surface area contributed by atoms with Gasteiger partial charge in [-0.3, -0.25) is 4.79 Å². The summed E-state index contributed by atoms with van der Waals surface area (Å²) in [5.74, 6) is 3.90. The van der Waals surface area contributed by atoms with E-state index in [0.29, 0.717) is 22.6 Å². The number of likely N-dealkylation sites (N-methyl/N-ethyl adjacent to an activating group) is 1. The van der Waals surface area contributed by atoms with Crippen molar-refractivity contribution >= 4 is 23.1 Å². The van der Waals surface area contributed by atoms with Gasteiger partial charge < -0.3 is 21.4 Å². The van der Waals surface area contributed by atoms with E-state index >= 15 is 0 Å². The topological polar surface area (TPSA) is 116 Å². The smallest absolute Gasteiger partial charge is 0.242 e. The van der Waals surface area contributed by atoms with Crippen LogP contribution in [0.4, 0.5) is 20.3 Å². The molecule has 3 rings (SSSR count). The summed E-state index contributed by atoms with van der Waals surface area (Å²) < 4.78 is 27.1. The standard InChI is InChI=1S/C24H23F2N7O/c1-13(27)21-23(29-4)22(31-12-30-21)16-9-19(6-5-15-7-17(25)11-18(26)8-15)32-20(10-16)33-24(34)14(2)28-3/h7-12,14,27-29H,1-4H3,(H,32,33,34). The Balaban J connectivity index is 2.15. The molecule has 0 aliphatic rings. The quantitative estimate of drug-likeness (QED) is 0.330. The zero-order chi connectivity index (χ0) is 24.8. The second-order valence-electron chi connectivity index (χ2n) is 7.35. The average molecular weight is 463 g/mol. The van der Waals surface area contributed by atoms with Gasteiger partial charge in [-0.1, -0.05) is 5.92 Å². The van der Waals surface area contributed by atoms with Crippen LogP contribution in [0.2, 0.25) is 0 Å². The fourth-order valence-electron chi connectivity index (χ4n) is 3.05. The number of anilines is 2. The lowest BCUT2D eigenvalue weighted by molar-refractivity contribution is -0.117. The number of amides is 1. The molecule has 1 unspecified atom stereocenters. The van der Waals surface area contributed by atoms with Gasteiger partial charge in [-0.15, -0.1) is 0 Å². The zero-order valence-corrected chi connectivity index (χ0v) is 19.0. The molecule has 1 amide bonds. The molecule has 8 nitrogen and oxygen atoms in total. The molecule has 0 radical (unpaired) electrons. The molecule has 3 aromatic rings. The van der Waals surface area contributed by atoms with Crippen LogP contribution in [-0.2, 0) is 4.79 Å². The molecular formula is C24H23F2N7O. The summed E-state index contributed by atoms with van der Waals surface area (Å²) >= 11 is 0. The molecule has 2 heterocycles. The number of pyridine rings is 1. The molecule has 10 heteroatoms. The maximum atomic E-state index is 13.5. The number of halogens is 2. The summed E-state index contributed by atoms with van der Waals surface area (Å²) in [6.45, 7) is 3.31. The summed E-state index contributed by atoms with van der Waals surface area (Å²) in [4.78, 5) is 25.3. The molecule has 1 atom stereocenters. The molecule has 2 aromatic heterocycles. The molecule has 174 valence electrons. The van der Waals surface area contributed by atoms with Crippen LogP contribution in [0.5, 0.6) is 0 Å². The third-order valence-electron chi connectivity index (χ3n) is 4.83. The molecule has 0 aliphatic carbocycles. The van der Waals surface area contributed by atoms with Crippen molar-refractivity contribution in [2.75, 3.05) is 24.7 Å². The molecule has 0 aliphatic heterocycles. The number of benzene rings is 1. The Morgan fingerprint density at radius 1 is 1.06 bits per heavy atom. The minimum Gasteiger partial charge on any atom is -0.385 e. The van der Waals surface area contributed by atoms with Gasteiger partial charge in [-0.05, 0) is 51.1 Å². The van der Waals surface area contributed by atoms with Gasteiger partial charge in [0.1, 0.15) is 35.2 Å². The van der Waals surface area contributed by atoms with Crippen LogP contribution >= 0.6 is 0 Å². The number of hydrogen-bond acceptors (Lipinski definition) is 7. The Morgan fingerprint density at radius 2 is 1.76 bits per heavy atom. The number of nitrogens with zero attached hydrogens (tertiary/aromatic N) is 3. The number of aromatic nitrogens is 3. The molecule has 0 saturated carbocycles. The Morgan fingerprint density at radius 3 is 2.38 bits per heavy atom. The number of hydrogen-bond donors (Lipinski definition) is 4. The summed E-state index contributed by atoms with van der Waals surface area (Å²) in [7, 11) is 3.34. The van der Waals surface area contributed by atoms with E-state index in [1.54, 1.807) is 40.1 Å². The monoisotopic (exact) mass is 463 g/mol. The number of rotatable bonds is 6. The number of nitrogens with one attached hydrogen (secondary N) is 4. The van der Waals surface area contributed by atoms with E-state index in [1.807, 2.05) is 0 Å². The van der Waals surface area contributed by atoms with Crippen molar-refractivity contribution in [3.8, 4) is 23.1 Å². The Kier molecular flexibility index (Phi) is 7.60. The van der Waals surface area contributed by atoms with Gasteiger partial charge in [-0.25, -0.2) is 23.7 Å². The van der Waals surface area contributed by atoms with Gasteiger partial charge in [0.15, 0.2) is 0 Å². The van der Waals surface area contributed by atoms with Gasteiger partial charge >= 0.3 is 0 Å². The van der Waals surface area contributed by atoms with Crippen LogP contribution in [0.1, 0.15) is 30.8 Å². The lowest BCUT2D eigenvalue weighted by Gasteiger charge is -2.14. The molecule has 0 saturated heterocycles. The summed E-state index contributed by atoms with van der Waals surface area (Å²) in [6, 6.07) is 5.76. The third kappa shape index (κ3) is 5.76. The second kappa shape index (κ2) is 10.6. The van der Waals surface area contributed by atoms with Crippen molar-refractivity contribution in [1.82, 2.24) is 20.3 Å². The lowest BCUT2D eigenvalue weighted by Crippen LogP contribution is -2.35. The van der Waals surface area contributed by atoms with Gasteiger partial charge in [0.05, 0.1) is 23.1 Å². The first-order valence-electron chi connectivity index (χ1n) is 10.3. The Labute approximate surface area is 195 Å². The zero-order valence-electron chi connectivity index (χ0n) is 19.0. The van der Waals surface area contributed by atoms with Crippen LogP contribution in [0, 0.1) is 28.9 Å². The van der Waals surface area contributed by atoms with E-state index < -0.39 is 17.7 Å². The van der Waals surface area contributed by atoms with Crippen LogP contribution in [0.25, 0.3) is 11.3 Å². The fourth-order valence-corrected chi connectivity index (χ4v) is 3.05. The largest absolute Gasteiger partial charge is 0.385 e. The van der Waals surface area contributed by atoms with Gasteiger partial charge in [0.25, 0.3) is 0 Å². The average Bonchev–Trinajstić information content (AvgIpc) is 2.80. The molecule has 34 heavy (non-hydrogen) atoms. The Hall–Kier alpha value is -4.23. The number of carbonyl (C=O) groups is 1. The first-order valence-corrected chi connectivity index (χ1v) is 10.3. The summed E-state index contributed by atoms with van der Waals surface area (Å²) in [5.41, 5.74) is 2.58. The molecule has 1 aromatic carbocycles. The Bertz CT molecular complexity index is 1290. The predicted octanol–water partition coefficient (Wildman–Crippen LogP) is 3.19. The van der Waals surface area contributed by atoms with Crippen molar-refractivity contribution in [1.29, 1.82) is 5.41 Å². The lowest BCUT2D eigenvalue weighted by atomic mass is 10.1. The van der Waals surface area contributed by atoms with Gasteiger partial charge in [0.2, 0.25) is 5.91 Å². The highest BCUT2D eigenvalue weighted by Crippen LogP contribution is 2.29. The highest BCUT2D eigenvalue weighted by Gasteiger charge is 2.17. The van der Waals surface area contributed by atoms with Crippen LogP contribution in [-0.4, -0.2) is 46.7 Å². The van der Waals surface area contributed by atoms with E-state index in [4.69, 9.17) is 5.41 Å². The van der Waals surface area contributed by atoms with Crippen LogP contribution < -0.4 is 16.0 Å². The molecule has 0 spiro atoms. The maximum Gasteiger partial charge on any atom is 0.242 e. The first kappa shape index (κ1) is 24.4. The van der Waals surface area contributed by atoms with Gasteiger partial charge in [0, 0.05) is 24.2 Å². The van der Waals surface area contributed by atoms with E-state index in [1.165, 1.54) is 6.33 Å². The molecule has 0 fully saturated rings. The van der Waals surface area contributed by atoms with Crippen molar-refractivity contribution in [3.63, 3.8) is 0 Å². The highest BCUT2D eigenvalue weighted by molar-refractivity contribution is 6.02. The molecule has 0 bridgehead atoms. The molecular weight excluding hydrogens is 440 g/mol. The van der Waals surface area contributed by atoms with Crippen LogP contribution in [0.3, 0.4) is 0 Å². The van der Waals surface area contributed by atoms with Crippen molar-refractivity contribution < 1.29 is 13.6 Å². The van der Waals surface area contributed by atoms with Crippen molar-refractivity contribution in [2.45, 2.75) is 19.9 Å². The SMILES string of the molecule is CNc1c(C(C)=N)ncnc1-c1cc(C#Cc2cc(F)cc(F)c2)nc(NC(=O)C(C)NC)c1.